The summed E-state index contributed by atoms with van der Waals surface area (Å²) >= 11 is 0. The zero-order valence-corrected chi connectivity index (χ0v) is 7.45. The maximum atomic E-state index is 11.3. The first-order chi connectivity index (χ1) is 6.31. The lowest BCUT2D eigenvalue weighted by Gasteiger charge is -1.87. The lowest BCUT2D eigenvalue weighted by atomic mass is 10.3. The number of nitrogens with one attached hydrogen (secondary N) is 1. The molecule has 1 N–H and O–H groups in total. The fourth-order valence-corrected chi connectivity index (χ4v) is 1.34. The van der Waals surface area contributed by atoms with Crippen molar-refractivity contribution in [2.24, 2.45) is 0 Å². The summed E-state index contributed by atoms with van der Waals surface area (Å²) in [5, 5.41) is 0. The van der Waals surface area contributed by atoms with Gasteiger partial charge in [0.05, 0.1) is 5.69 Å². The van der Waals surface area contributed by atoms with Gasteiger partial charge in [0.25, 0.3) is 5.56 Å². The molecule has 0 aliphatic rings. The molecule has 2 heterocycles. The summed E-state index contributed by atoms with van der Waals surface area (Å²) in [5.74, 6) is 0.621. The summed E-state index contributed by atoms with van der Waals surface area (Å²) in [6.07, 6.45) is 5.35. The number of imidazole rings is 1. The van der Waals surface area contributed by atoms with E-state index in [0.717, 1.165) is 18.5 Å². The van der Waals surface area contributed by atoms with E-state index in [-0.39, 0.29) is 5.56 Å². The molecule has 0 aliphatic heterocycles. The number of aryl methyl sites for hydroxylation is 1. The van der Waals surface area contributed by atoms with Crippen LogP contribution in [0.4, 0.5) is 0 Å². The summed E-state index contributed by atoms with van der Waals surface area (Å²) < 4.78 is 1.53. The molecule has 0 radical (unpaired) electrons. The van der Waals surface area contributed by atoms with Gasteiger partial charge in [-0.1, -0.05) is 13.3 Å². The molecule has 0 saturated carbocycles. The number of H-pyrrole nitrogens is 1. The normalized spacial score (nSPS) is 10.8. The average Bonchev–Trinajstić information content (AvgIpc) is 2.49. The number of rotatable bonds is 2. The van der Waals surface area contributed by atoms with Crippen LogP contribution in [0.15, 0.2) is 23.3 Å². The summed E-state index contributed by atoms with van der Waals surface area (Å²) in [6, 6.07) is 1.49. The molecule has 2 aromatic rings. The van der Waals surface area contributed by atoms with Crippen LogP contribution in [-0.2, 0) is 6.42 Å². The summed E-state index contributed by atoms with van der Waals surface area (Å²) in [6.45, 7) is 2.09. The molecule has 2 aromatic heterocycles. The standard InChI is InChI=1S/C9H11N3O/c1-2-3-7-6-12-8(13)4-5-10-9(12)11-7/h4-6H,2-3H2,1H3,(H,10,11). The van der Waals surface area contributed by atoms with Gasteiger partial charge in [-0.15, -0.1) is 0 Å². The van der Waals surface area contributed by atoms with Crippen LogP contribution in [0, 0.1) is 0 Å². The van der Waals surface area contributed by atoms with Crippen LogP contribution in [-0.4, -0.2) is 14.4 Å². The van der Waals surface area contributed by atoms with Crippen LogP contribution in [0.3, 0.4) is 0 Å². The molecule has 0 aromatic carbocycles. The number of aromatic amines is 1. The maximum Gasteiger partial charge on any atom is 0.258 e. The molecule has 68 valence electrons. The lowest BCUT2D eigenvalue weighted by Crippen LogP contribution is -2.09. The smallest absolute Gasteiger partial charge is 0.258 e. The fraction of sp³-hybridized carbons (Fsp3) is 0.333. The molecule has 0 fully saturated rings. The molecular formula is C9H11N3O. The van der Waals surface area contributed by atoms with Crippen molar-refractivity contribution in [3.63, 3.8) is 0 Å². The Morgan fingerprint density at radius 2 is 2.46 bits per heavy atom. The number of hydrogen-bond acceptors (Lipinski definition) is 2. The zero-order valence-electron chi connectivity index (χ0n) is 7.45. The van der Waals surface area contributed by atoms with E-state index in [2.05, 4.69) is 16.9 Å². The zero-order chi connectivity index (χ0) is 9.26. The Morgan fingerprint density at radius 1 is 1.62 bits per heavy atom. The molecule has 0 amide bonds. The molecule has 2 rings (SSSR count). The predicted octanol–water partition coefficient (Wildman–Crippen LogP) is 0.975. The third-order valence-corrected chi connectivity index (χ3v) is 1.94. The van der Waals surface area contributed by atoms with E-state index in [4.69, 9.17) is 0 Å². The highest BCUT2D eigenvalue weighted by atomic mass is 16.1. The second-order valence-corrected chi connectivity index (χ2v) is 2.99. The van der Waals surface area contributed by atoms with Crippen molar-refractivity contribution >= 4 is 5.78 Å². The first-order valence-corrected chi connectivity index (χ1v) is 4.37. The third kappa shape index (κ3) is 1.35. The topological polar surface area (TPSA) is 50.2 Å². The second kappa shape index (κ2) is 3.05. The van der Waals surface area contributed by atoms with Crippen molar-refractivity contribution in [1.29, 1.82) is 0 Å². The highest BCUT2D eigenvalue weighted by Crippen LogP contribution is 2.01. The molecule has 0 unspecified atom stereocenters. The maximum absolute atomic E-state index is 11.3. The van der Waals surface area contributed by atoms with Gasteiger partial charge in [0.1, 0.15) is 0 Å². The van der Waals surface area contributed by atoms with Crippen molar-refractivity contribution < 1.29 is 0 Å². The van der Waals surface area contributed by atoms with Gasteiger partial charge < -0.3 is 4.98 Å². The molecule has 0 bridgehead atoms. The van der Waals surface area contributed by atoms with E-state index in [9.17, 15) is 4.79 Å². The Hall–Kier alpha value is -1.58. The third-order valence-electron chi connectivity index (χ3n) is 1.94. The van der Waals surface area contributed by atoms with Gasteiger partial charge in [-0.25, -0.2) is 4.98 Å². The molecule has 4 heteroatoms. The van der Waals surface area contributed by atoms with E-state index >= 15 is 0 Å². The van der Waals surface area contributed by atoms with Gasteiger partial charge in [0.2, 0.25) is 5.78 Å². The fourth-order valence-electron chi connectivity index (χ4n) is 1.34. The Balaban J connectivity index is 2.62. The average molecular weight is 177 g/mol. The van der Waals surface area contributed by atoms with Crippen molar-refractivity contribution in [3.05, 3.63) is 34.5 Å². The van der Waals surface area contributed by atoms with Gasteiger partial charge >= 0.3 is 0 Å². The van der Waals surface area contributed by atoms with Crippen LogP contribution in [0.1, 0.15) is 19.0 Å². The number of nitrogens with zero attached hydrogens (tertiary/aromatic N) is 2. The van der Waals surface area contributed by atoms with E-state index < -0.39 is 0 Å². The predicted molar refractivity (Wildman–Crippen MR) is 49.8 cm³/mol. The van der Waals surface area contributed by atoms with Gasteiger partial charge in [0, 0.05) is 18.5 Å². The Morgan fingerprint density at radius 3 is 3.15 bits per heavy atom. The summed E-state index contributed by atoms with van der Waals surface area (Å²) in [5.41, 5.74) is 0.922. The van der Waals surface area contributed by atoms with Gasteiger partial charge in [0.15, 0.2) is 0 Å². The molecule has 0 spiro atoms. The highest BCUT2D eigenvalue weighted by molar-refractivity contribution is 5.29. The summed E-state index contributed by atoms with van der Waals surface area (Å²) in [4.78, 5) is 18.5. The Labute approximate surface area is 75.2 Å². The molecule has 0 saturated heterocycles. The molecule has 0 atom stereocenters. The van der Waals surface area contributed by atoms with Crippen LogP contribution in [0.25, 0.3) is 5.78 Å². The SMILES string of the molecule is CCCc1cn2c(=O)cc[nH]c2n1. The number of fused-ring (bicyclic) bond motifs is 1. The second-order valence-electron chi connectivity index (χ2n) is 2.99. The molecule has 0 aliphatic carbocycles. The van der Waals surface area contributed by atoms with E-state index in [1.54, 1.807) is 12.4 Å². The van der Waals surface area contributed by atoms with Crippen molar-refractivity contribution in [2.75, 3.05) is 0 Å². The molecule has 4 nitrogen and oxygen atoms in total. The minimum atomic E-state index is -0.0383. The summed E-state index contributed by atoms with van der Waals surface area (Å²) in [7, 11) is 0. The minimum Gasteiger partial charge on any atom is -0.332 e. The lowest BCUT2D eigenvalue weighted by molar-refractivity contribution is 0.893. The van der Waals surface area contributed by atoms with Crippen LogP contribution in [0.5, 0.6) is 0 Å². The highest BCUT2D eigenvalue weighted by Gasteiger charge is 2.01. The Kier molecular flexibility index (Phi) is 1.88. The minimum absolute atomic E-state index is 0.0383. The van der Waals surface area contributed by atoms with Crippen molar-refractivity contribution in [2.45, 2.75) is 19.8 Å². The van der Waals surface area contributed by atoms with E-state index in [1.165, 1.54) is 10.5 Å². The van der Waals surface area contributed by atoms with Crippen molar-refractivity contribution in [3.8, 4) is 0 Å². The van der Waals surface area contributed by atoms with Crippen LogP contribution < -0.4 is 5.56 Å². The largest absolute Gasteiger partial charge is 0.332 e. The monoisotopic (exact) mass is 177 g/mol. The van der Waals surface area contributed by atoms with Gasteiger partial charge in [-0.05, 0) is 6.42 Å². The first kappa shape index (κ1) is 8.04. The van der Waals surface area contributed by atoms with Crippen molar-refractivity contribution in [1.82, 2.24) is 14.4 Å². The number of hydrogen-bond donors (Lipinski definition) is 1. The number of aromatic nitrogens is 3. The van der Waals surface area contributed by atoms with Crippen LogP contribution >= 0.6 is 0 Å². The van der Waals surface area contributed by atoms with Crippen LogP contribution in [0.2, 0.25) is 0 Å². The van der Waals surface area contributed by atoms with Gasteiger partial charge in [-0.3, -0.25) is 9.20 Å². The molecular weight excluding hydrogens is 166 g/mol. The molecule has 13 heavy (non-hydrogen) atoms. The Bertz CT molecular complexity index is 469. The van der Waals surface area contributed by atoms with E-state index in [1.807, 2.05) is 0 Å². The van der Waals surface area contributed by atoms with E-state index in [0.29, 0.717) is 5.78 Å². The van der Waals surface area contributed by atoms with Gasteiger partial charge in [-0.2, -0.15) is 0 Å². The first-order valence-electron chi connectivity index (χ1n) is 4.37. The quantitative estimate of drug-likeness (QED) is 0.743.